The van der Waals surface area contributed by atoms with Crippen molar-refractivity contribution in [1.82, 2.24) is 15.8 Å². The quantitative estimate of drug-likeness (QED) is 0.145. The molecule has 34 heavy (non-hydrogen) atoms. The van der Waals surface area contributed by atoms with Crippen molar-refractivity contribution in [1.29, 1.82) is 0 Å². The van der Waals surface area contributed by atoms with Crippen LogP contribution in [0, 0.1) is 0 Å². The van der Waals surface area contributed by atoms with Crippen LogP contribution in [0.3, 0.4) is 0 Å². The second-order valence-electron chi connectivity index (χ2n) is 8.64. The van der Waals surface area contributed by atoms with Crippen LogP contribution in [0.4, 0.5) is 4.79 Å². The topological polar surface area (TPSA) is 101 Å². The Hall–Kier alpha value is -2.93. The van der Waals surface area contributed by atoms with Gasteiger partial charge in [-0.05, 0) is 30.2 Å². The molecule has 0 radical (unpaired) electrons. The summed E-state index contributed by atoms with van der Waals surface area (Å²) in [6.07, 6.45) is 17.8. The van der Waals surface area contributed by atoms with E-state index in [1.807, 2.05) is 6.07 Å². The van der Waals surface area contributed by atoms with E-state index in [1.165, 1.54) is 70.4 Å². The van der Waals surface area contributed by atoms with Crippen LogP contribution in [-0.2, 0) is 0 Å². The maximum absolute atomic E-state index is 12.1. The summed E-state index contributed by atoms with van der Waals surface area (Å²) >= 11 is 0. The predicted octanol–water partition coefficient (Wildman–Crippen LogP) is 6.66. The summed E-state index contributed by atoms with van der Waals surface area (Å²) in [5.74, 6) is -0.236. The molecule has 1 aromatic carbocycles. The van der Waals surface area contributed by atoms with Gasteiger partial charge in [-0.3, -0.25) is 15.0 Å². The third-order valence-corrected chi connectivity index (χ3v) is 5.78. The van der Waals surface area contributed by atoms with Crippen LogP contribution in [0.5, 0.6) is 5.75 Å². The lowest BCUT2D eigenvalue weighted by molar-refractivity contribution is 0.0706. The zero-order valence-electron chi connectivity index (χ0n) is 20.4. The van der Waals surface area contributed by atoms with Crippen molar-refractivity contribution in [2.45, 2.75) is 84.0 Å². The summed E-state index contributed by atoms with van der Waals surface area (Å²) in [7, 11) is 0. The zero-order chi connectivity index (χ0) is 24.4. The van der Waals surface area contributed by atoms with Gasteiger partial charge in [-0.25, -0.2) is 10.3 Å². The Morgan fingerprint density at radius 1 is 0.853 bits per heavy atom. The van der Waals surface area contributed by atoms with Gasteiger partial charge in [0.15, 0.2) is 0 Å². The number of ether oxygens (including phenoxy) is 1. The summed E-state index contributed by atoms with van der Waals surface area (Å²) in [5.41, 5.74) is 3.23. The molecule has 7 heteroatoms. The normalized spacial score (nSPS) is 10.6. The Bertz CT molecular complexity index is 872. The largest absolute Gasteiger partial charge is 0.412 e. The number of hydrogen-bond donors (Lipinski definition) is 3. The Morgan fingerprint density at radius 3 is 2.15 bits per heavy atom. The third kappa shape index (κ3) is 10.8. The number of carbonyl (C=O) groups excluding carboxylic acids is 2. The monoisotopic (exact) mass is 469 g/mol. The van der Waals surface area contributed by atoms with Gasteiger partial charge in [-0.15, -0.1) is 0 Å². The minimum atomic E-state index is -0.640. The molecule has 1 heterocycles. The second-order valence-corrected chi connectivity index (χ2v) is 8.64. The standard InChI is InChI=1S/C27H39N3O4/c1-2-3-4-5-6-7-8-9-10-11-12-13-17-29-27(32)34-25-16-14-15-22(19-25)23-18-24(21-28-20-23)26(31)30-33/h14-16,18-21,33H,2-13,17H2,1H3,(H,29,32)(H,30,31). The highest BCUT2D eigenvalue weighted by Gasteiger charge is 2.09. The first-order chi connectivity index (χ1) is 16.6. The molecule has 186 valence electrons. The molecule has 0 spiro atoms. The molecule has 0 fully saturated rings. The highest BCUT2D eigenvalue weighted by molar-refractivity contribution is 5.94. The molecule has 2 amide bonds. The molecular weight excluding hydrogens is 430 g/mol. The van der Waals surface area contributed by atoms with Gasteiger partial charge in [-0.1, -0.05) is 89.7 Å². The molecule has 0 bridgehead atoms. The molecular formula is C27H39N3O4. The van der Waals surface area contributed by atoms with E-state index in [1.54, 1.807) is 35.9 Å². The van der Waals surface area contributed by atoms with Crippen molar-refractivity contribution < 1.29 is 19.5 Å². The number of hydrogen-bond acceptors (Lipinski definition) is 5. The fourth-order valence-electron chi connectivity index (χ4n) is 3.83. The van der Waals surface area contributed by atoms with Crippen LogP contribution >= 0.6 is 0 Å². The van der Waals surface area contributed by atoms with Crippen molar-refractivity contribution in [2.24, 2.45) is 0 Å². The molecule has 7 nitrogen and oxygen atoms in total. The number of unbranched alkanes of at least 4 members (excludes halogenated alkanes) is 11. The molecule has 0 unspecified atom stereocenters. The summed E-state index contributed by atoms with van der Waals surface area (Å²) < 4.78 is 5.39. The van der Waals surface area contributed by atoms with Gasteiger partial charge in [0.05, 0.1) is 5.56 Å². The molecule has 0 atom stereocenters. The second kappa shape index (κ2) is 16.6. The average Bonchev–Trinajstić information content (AvgIpc) is 2.86. The van der Waals surface area contributed by atoms with E-state index < -0.39 is 12.0 Å². The van der Waals surface area contributed by atoms with Gasteiger partial charge in [-0.2, -0.15) is 0 Å². The number of nitrogens with zero attached hydrogens (tertiary/aromatic N) is 1. The number of hydroxylamine groups is 1. The van der Waals surface area contributed by atoms with Crippen LogP contribution in [0.2, 0.25) is 0 Å². The zero-order valence-corrected chi connectivity index (χ0v) is 20.4. The molecule has 0 aliphatic heterocycles. The molecule has 2 rings (SSSR count). The fraction of sp³-hybridized carbons (Fsp3) is 0.519. The highest BCUT2D eigenvalue weighted by Crippen LogP contribution is 2.24. The van der Waals surface area contributed by atoms with E-state index in [9.17, 15) is 9.59 Å². The van der Waals surface area contributed by atoms with Gasteiger partial charge < -0.3 is 10.1 Å². The lowest BCUT2D eigenvalue weighted by Crippen LogP contribution is -2.27. The van der Waals surface area contributed by atoms with Crippen LogP contribution in [-0.4, -0.2) is 28.7 Å². The van der Waals surface area contributed by atoms with Gasteiger partial charge >= 0.3 is 6.09 Å². The van der Waals surface area contributed by atoms with Crippen molar-refractivity contribution in [3.05, 3.63) is 48.3 Å². The molecule has 0 saturated heterocycles. The van der Waals surface area contributed by atoms with E-state index >= 15 is 0 Å². The lowest BCUT2D eigenvalue weighted by atomic mass is 10.1. The predicted molar refractivity (Wildman–Crippen MR) is 134 cm³/mol. The minimum Gasteiger partial charge on any atom is -0.410 e. The summed E-state index contributed by atoms with van der Waals surface area (Å²) in [6, 6.07) is 8.60. The maximum atomic E-state index is 12.1. The molecule has 0 aliphatic carbocycles. The van der Waals surface area contributed by atoms with Crippen molar-refractivity contribution >= 4 is 12.0 Å². The Balaban J connectivity index is 1.61. The molecule has 2 aromatic rings. The highest BCUT2D eigenvalue weighted by atomic mass is 16.6. The number of amides is 2. The first kappa shape index (κ1) is 27.3. The van der Waals surface area contributed by atoms with Gasteiger partial charge in [0.25, 0.3) is 5.91 Å². The average molecular weight is 470 g/mol. The van der Waals surface area contributed by atoms with E-state index in [2.05, 4.69) is 17.2 Å². The van der Waals surface area contributed by atoms with Gasteiger partial charge in [0, 0.05) is 24.5 Å². The van der Waals surface area contributed by atoms with Crippen LogP contribution in [0.25, 0.3) is 11.1 Å². The van der Waals surface area contributed by atoms with Crippen LogP contribution < -0.4 is 15.5 Å². The van der Waals surface area contributed by atoms with Gasteiger partial charge in [0.2, 0.25) is 0 Å². The van der Waals surface area contributed by atoms with E-state index in [0.29, 0.717) is 17.9 Å². The Kier molecular flexibility index (Phi) is 13.4. The Labute approximate surface area is 203 Å². The lowest BCUT2D eigenvalue weighted by Gasteiger charge is -2.09. The summed E-state index contributed by atoms with van der Waals surface area (Å²) in [4.78, 5) is 27.7. The van der Waals surface area contributed by atoms with Gasteiger partial charge in [0.1, 0.15) is 5.75 Å². The molecule has 0 saturated carbocycles. The summed E-state index contributed by atoms with van der Waals surface area (Å²) in [5, 5.41) is 11.6. The van der Waals surface area contributed by atoms with E-state index in [-0.39, 0.29) is 5.56 Å². The number of carbonyl (C=O) groups is 2. The smallest absolute Gasteiger partial charge is 0.410 e. The van der Waals surface area contributed by atoms with E-state index in [4.69, 9.17) is 9.94 Å². The molecule has 1 aromatic heterocycles. The maximum Gasteiger partial charge on any atom is 0.412 e. The van der Waals surface area contributed by atoms with Crippen molar-refractivity contribution in [3.8, 4) is 16.9 Å². The number of pyridine rings is 1. The number of nitrogens with one attached hydrogen (secondary N) is 2. The van der Waals surface area contributed by atoms with Crippen LogP contribution in [0.15, 0.2) is 42.7 Å². The SMILES string of the molecule is CCCCCCCCCCCCCCNC(=O)Oc1cccc(-c2cncc(C(=O)NO)c2)c1. The number of aromatic nitrogens is 1. The Morgan fingerprint density at radius 2 is 1.50 bits per heavy atom. The third-order valence-electron chi connectivity index (χ3n) is 5.78. The number of rotatable bonds is 16. The van der Waals surface area contributed by atoms with E-state index in [0.717, 1.165) is 18.4 Å². The molecule has 3 N–H and O–H groups in total. The summed E-state index contributed by atoms with van der Waals surface area (Å²) in [6.45, 7) is 2.85. The van der Waals surface area contributed by atoms with Crippen molar-refractivity contribution in [2.75, 3.05) is 6.54 Å². The first-order valence-electron chi connectivity index (χ1n) is 12.6. The first-order valence-corrected chi connectivity index (χ1v) is 12.6. The minimum absolute atomic E-state index is 0.228. The fourth-order valence-corrected chi connectivity index (χ4v) is 3.83. The van der Waals surface area contributed by atoms with Crippen molar-refractivity contribution in [3.63, 3.8) is 0 Å². The number of benzene rings is 1. The molecule has 0 aliphatic rings. The van der Waals surface area contributed by atoms with Crippen LogP contribution in [0.1, 0.15) is 94.3 Å².